The third-order valence-corrected chi connectivity index (χ3v) is 4.77. The first-order chi connectivity index (χ1) is 11.7. The lowest BCUT2D eigenvalue weighted by Crippen LogP contribution is -2.50. The molecule has 26 heavy (non-hydrogen) atoms. The molecule has 1 fully saturated rings. The normalized spacial score (nSPS) is 19.8. The van der Waals surface area contributed by atoms with Crippen LogP contribution in [-0.2, 0) is 10.0 Å². The minimum Gasteiger partial charge on any atom is -0.493 e. The van der Waals surface area contributed by atoms with Crippen molar-refractivity contribution < 1.29 is 22.7 Å². The van der Waals surface area contributed by atoms with Crippen LogP contribution in [0, 0.1) is 5.92 Å². The van der Waals surface area contributed by atoms with Crippen molar-refractivity contribution in [1.82, 2.24) is 10.6 Å². The monoisotopic (exact) mass is 407 g/mol. The summed E-state index contributed by atoms with van der Waals surface area (Å²) in [6.07, 6.45) is 2.01. The number of amides is 1. The SMILES string of the molecule is COc1cc(C(=O)NC2CNCCC2C)cc(NS(C)(=O)=O)c1OC.Cl. The van der Waals surface area contributed by atoms with E-state index in [0.717, 1.165) is 19.2 Å². The molecule has 2 atom stereocenters. The fourth-order valence-corrected chi connectivity index (χ4v) is 3.36. The number of ether oxygens (including phenoxy) is 2. The molecule has 1 amide bonds. The second kappa shape index (κ2) is 9.29. The average Bonchev–Trinajstić information content (AvgIpc) is 2.54. The van der Waals surface area contributed by atoms with E-state index < -0.39 is 10.0 Å². The van der Waals surface area contributed by atoms with Gasteiger partial charge in [0.05, 0.1) is 26.2 Å². The first kappa shape index (κ1) is 22.3. The van der Waals surface area contributed by atoms with Crippen molar-refractivity contribution in [1.29, 1.82) is 0 Å². The Hall–Kier alpha value is -1.71. The molecule has 1 aromatic rings. The van der Waals surface area contributed by atoms with Crippen LogP contribution in [0.1, 0.15) is 23.7 Å². The summed E-state index contributed by atoms with van der Waals surface area (Å²) in [5.41, 5.74) is 0.450. The highest BCUT2D eigenvalue weighted by atomic mass is 35.5. The van der Waals surface area contributed by atoms with Crippen LogP contribution in [-0.4, -0.2) is 53.9 Å². The van der Waals surface area contributed by atoms with E-state index >= 15 is 0 Å². The minimum absolute atomic E-state index is 0. The number of hydrogen-bond acceptors (Lipinski definition) is 6. The van der Waals surface area contributed by atoms with Crippen LogP contribution in [0.3, 0.4) is 0 Å². The minimum atomic E-state index is -3.54. The molecule has 10 heteroatoms. The maximum Gasteiger partial charge on any atom is 0.251 e. The quantitative estimate of drug-likeness (QED) is 0.654. The molecule has 1 heterocycles. The van der Waals surface area contributed by atoms with Crippen molar-refractivity contribution in [3.05, 3.63) is 17.7 Å². The summed E-state index contributed by atoms with van der Waals surface area (Å²) in [6, 6.07) is 2.99. The van der Waals surface area contributed by atoms with E-state index in [1.165, 1.54) is 26.4 Å². The van der Waals surface area contributed by atoms with Gasteiger partial charge in [0.25, 0.3) is 5.91 Å². The Morgan fingerprint density at radius 1 is 1.27 bits per heavy atom. The van der Waals surface area contributed by atoms with Gasteiger partial charge in [-0.2, -0.15) is 0 Å². The molecular weight excluding hydrogens is 382 g/mol. The highest BCUT2D eigenvalue weighted by Gasteiger charge is 2.24. The predicted octanol–water partition coefficient (Wildman–Crippen LogP) is 1.22. The number of benzene rings is 1. The molecule has 0 radical (unpaired) electrons. The second-order valence-electron chi connectivity index (χ2n) is 6.18. The van der Waals surface area contributed by atoms with E-state index in [-0.39, 0.29) is 41.5 Å². The van der Waals surface area contributed by atoms with E-state index in [2.05, 4.69) is 22.3 Å². The smallest absolute Gasteiger partial charge is 0.251 e. The Kier molecular flexibility index (Phi) is 7.98. The topological polar surface area (TPSA) is 106 Å². The number of hydrogen-bond donors (Lipinski definition) is 3. The molecule has 0 bridgehead atoms. The lowest BCUT2D eigenvalue weighted by Gasteiger charge is -2.30. The van der Waals surface area contributed by atoms with Crippen LogP contribution < -0.4 is 24.8 Å². The van der Waals surface area contributed by atoms with Crippen LogP contribution in [0.2, 0.25) is 0 Å². The molecule has 0 aromatic heterocycles. The van der Waals surface area contributed by atoms with Crippen molar-refractivity contribution in [2.24, 2.45) is 5.92 Å². The van der Waals surface area contributed by atoms with Crippen LogP contribution in [0.15, 0.2) is 12.1 Å². The summed E-state index contributed by atoms with van der Waals surface area (Å²) in [4.78, 5) is 12.6. The predicted molar refractivity (Wildman–Crippen MR) is 103 cm³/mol. The van der Waals surface area contributed by atoms with E-state index in [4.69, 9.17) is 9.47 Å². The molecule has 1 aliphatic rings. The molecule has 148 valence electrons. The summed E-state index contributed by atoms with van der Waals surface area (Å²) >= 11 is 0. The zero-order chi connectivity index (χ0) is 18.6. The highest BCUT2D eigenvalue weighted by Crippen LogP contribution is 2.37. The standard InChI is InChI=1S/C16H25N3O5S.ClH/c1-10-5-6-17-9-13(10)18-16(20)11-7-12(19-25(4,21)22)15(24-3)14(8-11)23-2;/h7-8,10,13,17,19H,5-6,9H2,1-4H3,(H,18,20);1H. The molecule has 1 aliphatic heterocycles. The van der Waals surface area contributed by atoms with Gasteiger partial charge in [0, 0.05) is 18.2 Å². The molecule has 1 saturated heterocycles. The van der Waals surface area contributed by atoms with Crippen LogP contribution in [0.25, 0.3) is 0 Å². The largest absolute Gasteiger partial charge is 0.493 e. The van der Waals surface area contributed by atoms with Crippen molar-refractivity contribution in [3.63, 3.8) is 0 Å². The number of carbonyl (C=O) groups is 1. The lowest BCUT2D eigenvalue weighted by molar-refractivity contribution is 0.0915. The number of methoxy groups -OCH3 is 2. The first-order valence-electron chi connectivity index (χ1n) is 8.00. The second-order valence-corrected chi connectivity index (χ2v) is 7.93. The number of anilines is 1. The van der Waals surface area contributed by atoms with E-state index in [1.807, 2.05) is 0 Å². The van der Waals surface area contributed by atoms with Crippen molar-refractivity contribution in [2.75, 3.05) is 38.3 Å². The maximum absolute atomic E-state index is 12.6. The van der Waals surface area contributed by atoms with Gasteiger partial charge in [-0.05, 0) is 31.0 Å². The Bertz CT molecular complexity index is 742. The van der Waals surface area contributed by atoms with Gasteiger partial charge in [-0.15, -0.1) is 12.4 Å². The number of halogens is 1. The summed E-state index contributed by atoms with van der Waals surface area (Å²) in [7, 11) is -0.710. The Labute approximate surface area is 160 Å². The number of piperidine rings is 1. The van der Waals surface area contributed by atoms with E-state index in [1.54, 1.807) is 0 Å². The average molecular weight is 408 g/mol. The first-order valence-corrected chi connectivity index (χ1v) is 9.89. The van der Waals surface area contributed by atoms with Gasteiger partial charge in [0.15, 0.2) is 11.5 Å². The highest BCUT2D eigenvalue weighted by molar-refractivity contribution is 7.92. The molecule has 2 rings (SSSR count). The van der Waals surface area contributed by atoms with Gasteiger partial charge in [-0.1, -0.05) is 6.92 Å². The van der Waals surface area contributed by atoms with Crippen molar-refractivity contribution >= 4 is 34.0 Å². The number of sulfonamides is 1. The van der Waals surface area contributed by atoms with Gasteiger partial charge in [0.1, 0.15) is 0 Å². The van der Waals surface area contributed by atoms with Gasteiger partial charge in [-0.3, -0.25) is 9.52 Å². The van der Waals surface area contributed by atoms with E-state index in [9.17, 15) is 13.2 Å². The zero-order valence-corrected chi connectivity index (χ0v) is 16.9. The molecule has 2 unspecified atom stereocenters. The van der Waals surface area contributed by atoms with Gasteiger partial charge in [-0.25, -0.2) is 8.42 Å². The lowest BCUT2D eigenvalue weighted by atomic mass is 9.94. The Morgan fingerprint density at radius 3 is 2.50 bits per heavy atom. The number of rotatable bonds is 6. The Morgan fingerprint density at radius 2 is 1.96 bits per heavy atom. The van der Waals surface area contributed by atoms with E-state index in [0.29, 0.717) is 18.0 Å². The molecule has 0 aliphatic carbocycles. The molecule has 3 N–H and O–H groups in total. The van der Waals surface area contributed by atoms with Gasteiger partial charge >= 0.3 is 0 Å². The maximum atomic E-state index is 12.6. The van der Waals surface area contributed by atoms with Crippen LogP contribution >= 0.6 is 12.4 Å². The molecule has 0 spiro atoms. The summed E-state index contributed by atoms with van der Waals surface area (Å²) in [5.74, 6) is 0.560. The fraction of sp³-hybridized carbons (Fsp3) is 0.562. The molecule has 1 aromatic carbocycles. The molecular formula is C16H26ClN3O5S. The summed E-state index contributed by atoms with van der Waals surface area (Å²) in [6.45, 7) is 3.73. The summed E-state index contributed by atoms with van der Waals surface area (Å²) in [5, 5.41) is 6.24. The van der Waals surface area contributed by atoms with Gasteiger partial charge in [0.2, 0.25) is 10.0 Å². The number of carbonyl (C=O) groups excluding carboxylic acids is 1. The molecule has 8 nitrogen and oxygen atoms in total. The third kappa shape index (κ3) is 5.65. The Balaban J connectivity index is 0.00000338. The number of nitrogens with one attached hydrogen (secondary N) is 3. The zero-order valence-electron chi connectivity index (χ0n) is 15.3. The van der Waals surface area contributed by atoms with Crippen LogP contribution in [0.4, 0.5) is 5.69 Å². The molecule has 0 saturated carbocycles. The van der Waals surface area contributed by atoms with Gasteiger partial charge < -0.3 is 20.1 Å². The van der Waals surface area contributed by atoms with Crippen LogP contribution in [0.5, 0.6) is 11.5 Å². The fourth-order valence-electron chi connectivity index (χ4n) is 2.81. The summed E-state index contributed by atoms with van der Waals surface area (Å²) < 4.78 is 36.0. The van der Waals surface area contributed by atoms with Crippen molar-refractivity contribution in [2.45, 2.75) is 19.4 Å². The van der Waals surface area contributed by atoms with Crippen molar-refractivity contribution in [3.8, 4) is 11.5 Å². The third-order valence-electron chi connectivity index (χ3n) is 4.18.